The van der Waals surface area contributed by atoms with Crippen molar-refractivity contribution in [1.82, 2.24) is 9.88 Å². The molecule has 0 radical (unpaired) electrons. The number of amides is 2. The molecule has 1 aliphatic heterocycles. The first-order chi connectivity index (χ1) is 10.8. The fourth-order valence-corrected chi connectivity index (χ4v) is 2.67. The zero-order chi connectivity index (χ0) is 15.2. The normalized spacial score (nSPS) is 17.8. The second kappa shape index (κ2) is 6.93. The van der Waals surface area contributed by atoms with E-state index in [1.54, 1.807) is 12.3 Å². The number of pyridine rings is 1. The molecular formula is C17H20N4O. The highest BCUT2D eigenvalue weighted by atomic mass is 16.2. The summed E-state index contributed by atoms with van der Waals surface area (Å²) in [5.74, 6) is 0.589. The SMILES string of the molecule is O=C(Nc1ccccn1)N1CCCC(Nc2ccccc2)C1. The largest absolute Gasteiger partial charge is 0.381 e. The minimum atomic E-state index is -0.0849. The van der Waals surface area contributed by atoms with Crippen LogP contribution in [0.5, 0.6) is 0 Å². The standard InChI is InChI=1S/C17H20N4O/c22-17(20-16-10-4-5-11-18-16)21-12-6-9-15(13-21)19-14-7-2-1-3-8-14/h1-5,7-8,10-11,15,19H,6,9,12-13H2,(H,18,20,22). The molecule has 1 saturated heterocycles. The average Bonchev–Trinajstić information content (AvgIpc) is 2.57. The molecule has 22 heavy (non-hydrogen) atoms. The van der Waals surface area contributed by atoms with Crippen molar-refractivity contribution in [2.45, 2.75) is 18.9 Å². The molecule has 5 nitrogen and oxygen atoms in total. The monoisotopic (exact) mass is 296 g/mol. The van der Waals surface area contributed by atoms with Gasteiger partial charge in [0.1, 0.15) is 5.82 Å². The molecule has 2 amide bonds. The van der Waals surface area contributed by atoms with E-state index in [1.807, 2.05) is 47.4 Å². The van der Waals surface area contributed by atoms with Gasteiger partial charge in [0.25, 0.3) is 0 Å². The van der Waals surface area contributed by atoms with E-state index in [2.05, 4.69) is 15.6 Å². The number of piperidine rings is 1. The predicted octanol–water partition coefficient (Wildman–Crippen LogP) is 3.19. The van der Waals surface area contributed by atoms with Crippen molar-refractivity contribution in [3.05, 3.63) is 54.7 Å². The van der Waals surface area contributed by atoms with Crippen LogP contribution in [0.1, 0.15) is 12.8 Å². The van der Waals surface area contributed by atoms with Crippen LogP contribution in [0.3, 0.4) is 0 Å². The predicted molar refractivity (Wildman–Crippen MR) is 87.9 cm³/mol. The number of rotatable bonds is 3. The van der Waals surface area contributed by atoms with E-state index in [0.717, 1.165) is 25.1 Å². The molecule has 1 aliphatic rings. The highest BCUT2D eigenvalue weighted by Crippen LogP contribution is 2.16. The van der Waals surface area contributed by atoms with Crippen LogP contribution in [-0.2, 0) is 0 Å². The zero-order valence-electron chi connectivity index (χ0n) is 12.4. The molecule has 1 aromatic carbocycles. The lowest BCUT2D eigenvalue weighted by molar-refractivity contribution is 0.196. The van der Waals surface area contributed by atoms with Crippen LogP contribution in [0.2, 0.25) is 0 Å². The molecule has 2 N–H and O–H groups in total. The van der Waals surface area contributed by atoms with Gasteiger partial charge in [0.2, 0.25) is 0 Å². The number of carbonyl (C=O) groups excluding carboxylic acids is 1. The second-order valence-electron chi connectivity index (χ2n) is 5.44. The molecule has 2 heterocycles. The van der Waals surface area contributed by atoms with E-state index >= 15 is 0 Å². The fourth-order valence-electron chi connectivity index (χ4n) is 2.67. The first-order valence-electron chi connectivity index (χ1n) is 7.60. The lowest BCUT2D eigenvalue weighted by atomic mass is 10.1. The molecule has 114 valence electrons. The molecule has 1 fully saturated rings. The van der Waals surface area contributed by atoms with E-state index in [-0.39, 0.29) is 12.1 Å². The van der Waals surface area contributed by atoms with E-state index in [1.165, 1.54) is 0 Å². The molecule has 1 atom stereocenters. The van der Waals surface area contributed by atoms with Gasteiger partial charge >= 0.3 is 6.03 Å². The van der Waals surface area contributed by atoms with Gasteiger partial charge in [-0.15, -0.1) is 0 Å². The molecule has 3 rings (SSSR count). The van der Waals surface area contributed by atoms with E-state index in [9.17, 15) is 4.79 Å². The molecule has 5 heteroatoms. The Kier molecular flexibility index (Phi) is 4.53. The summed E-state index contributed by atoms with van der Waals surface area (Å²) in [7, 11) is 0. The summed E-state index contributed by atoms with van der Waals surface area (Å²) >= 11 is 0. The van der Waals surface area contributed by atoms with Gasteiger partial charge in [-0.3, -0.25) is 5.32 Å². The zero-order valence-corrected chi connectivity index (χ0v) is 12.4. The van der Waals surface area contributed by atoms with Gasteiger partial charge in [0.05, 0.1) is 0 Å². The van der Waals surface area contributed by atoms with Crippen LogP contribution < -0.4 is 10.6 Å². The summed E-state index contributed by atoms with van der Waals surface area (Å²) in [4.78, 5) is 18.3. The van der Waals surface area contributed by atoms with Gasteiger partial charge in [-0.25, -0.2) is 9.78 Å². The highest BCUT2D eigenvalue weighted by Gasteiger charge is 2.23. The Balaban J connectivity index is 1.57. The number of urea groups is 1. The minimum absolute atomic E-state index is 0.0849. The Bertz CT molecular complexity index is 603. The third-order valence-electron chi connectivity index (χ3n) is 3.75. The third kappa shape index (κ3) is 3.75. The number of hydrogen-bond acceptors (Lipinski definition) is 3. The lowest BCUT2D eigenvalue weighted by Crippen LogP contribution is -2.46. The van der Waals surface area contributed by atoms with E-state index < -0.39 is 0 Å². The number of anilines is 2. The van der Waals surface area contributed by atoms with Crippen molar-refractivity contribution >= 4 is 17.5 Å². The number of aromatic nitrogens is 1. The van der Waals surface area contributed by atoms with E-state index in [0.29, 0.717) is 12.4 Å². The molecule has 0 spiro atoms. The van der Waals surface area contributed by atoms with Crippen molar-refractivity contribution in [2.24, 2.45) is 0 Å². The van der Waals surface area contributed by atoms with Crippen molar-refractivity contribution in [3.8, 4) is 0 Å². The summed E-state index contributed by atoms with van der Waals surface area (Å²) in [5.41, 5.74) is 1.10. The van der Waals surface area contributed by atoms with Crippen LogP contribution >= 0.6 is 0 Å². The quantitative estimate of drug-likeness (QED) is 0.914. The van der Waals surface area contributed by atoms with Crippen molar-refractivity contribution in [3.63, 3.8) is 0 Å². The molecule has 0 bridgehead atoms. The highest BCUT2D eigenvalue weighted by molar-refractivity contribution is 5.88. The first-order valence-corrected chi connectivity index (χ1v) is 7.60. The number of carbonyl (C=O) groups is 1. The summed E-state index contributed by atoms with van der Waals surface area (Å²) in [6.07, 6.45) is 3.74. The van der Waals surface area contributed by atoms with Gasteiger partial charge < -0.3 is 10.2 Å². The molecular weight excluding hydrogens is 276 g/mol. The number of benzene rings is 1. The van der Waals surface area contributed by atoms with Crippen molar-refractivity contribution < 1.29 is 4.79 Å². The number of nitrogens with one attached hydrogen (secondary N) is 2. The van der Waals surface area contributed by atoms with Crippen LogP contribution in [0.15, 0.2) is 54.7 Å². The summed E-state index contributed by atoms with van der Waals surface area (Å²) in [6.45, 7) is 1.49. The smallest absolute Gasteiger partial charge is 0.323 e. The molecule has 2 aromatic rings. The van der Waals surface area contributed by atoms with Crippen molar-refractivity contribution in [2.75, 3.05) is 23.7 Å². The molecule has 0 aliphatic carbocycles. The van der Waals surface area contributed by atoms with E-state index in [4.69, 9.17) is 0 Å². The summed E-state index contributed by atoms with van der Waals surface area (Å²) < 4.78 is 0. The Morgan fingerprint density at radius 3 is 2.73 bits per heavy atom. The lowest BCUT2D eigenvalue weighted by Gasteiger charge is -2.33. The maximum atomic E-state index is 12.3. The first kappa shape index (κ1) is 14.4. The topological polar surface area (TPSA) is 57.3 Å². The minimum Gasteiger partial charge on any atom is -0.381 e. The average molecular weight is 296 g/mol. The van der Waals surface area contributed by atoms with Crippen LogP contribution in [0.4, 0.5) is 16.3 Å². The Hall–Kier alpha value is -2.56. The Morgan fingerprint density at radius 2 is 1.95 bits per heavy atom. The maximum Gasteiger partial charge on any atom is 0.323 e. The van der Waals surface area contributed by atoms with Crippen molar-refractivity contribution in [1.29, 1.82) is 0 Å². The third-order valence-corrected chi connectivity index (χ3v) is 3.75. The number of para-hydroxylation sites is 1. The van der Waals surface area contributed by atoms with Crippen LogP contribution in [0, 0.1) is 0 Å². The molecule has 0 saturated carbocycles. The molecule has 1 aromatic heterocycles. The van der Waals surface area contributed by atoms with Gasteiger partial charge in [0.15, 0.2) is 0 Å². The number of likely N-dealkylation sites (tertiary alicyclic amines) is 1. The molecule has 1 unspecified atom stereocenters. The second-order valence-corrected chi connectivity index (χ2v) is 5.44. The van der Waals surface area contributed by atoms with Crippen LogP contribution in [0.25, 0.3) is 0 Å². The van der Waals surface area contributed by atoms with Gasteiger partial charge in [0, 0.05) is 31.0 Å². The van der Waals surface area contributed by atoms with Gasteiger partial charge in [-0.05, 0) is 37.1 Å². The Morgan fingerprint density at radius 1 is 1.14 bits per heavy atom. The fraction of sp³-hybridized carbons (Fsp3) is 0.294. The number of hydrogen-bond donors (Lipinski definition) is 2. The van der Waals surface area contributed by atoms with Crippen LogP contribution in [-0.4, -0.2) is 35.0 Å². The van der Waals surface area contributed by atoms with Gasteiger partial charge in [-0.1, -0.05) is 24.3 Å². The number of nitrogens with zero attached hydrogens (tertiary/aromatic N) is 2. The van der Waals surface area contributed by atoms with Gasteiger partial charge in [-0.2, -0.15) is 0 Å². The Labute approximate surface area is 130 Å². The maximum absolute atomic E-state index is 12.3. The summed E-state index contributed by atoms with van der Waals surface area (Å²) in [6, 6.07) is 15.8. The summed E-state index contributed by atoms with van der Waals surface area (Å²) in [5, 5.41) is 6.34.